The Hall–Kier alpha value is -2.34. The number of imidazole rings is 1. The minimum Gasteiger partial charge on any atom is -0.507 e. The molecule has 0 unspecified atom stereocenters. The fraction of sp³-hybridized carbons (Fsp3) is 0.143. The summed E-state index contributed by atoms with van der Waals surface area (Å²) in [7, 11) is 0. The van der Waals surface area contributed by atoms with Crippen molar-refractivity contribution in [3.8, 4) is 5.75 Å². The van der Waals surface area contributed by atoms with Crippen molar-refractivity contribution in [2.24, 2.45) is 0 Å². The number of phenolic OH excluding ortho intramolecular Hbond substituents is 1. The highest BCUT2D eigenvalue weighted by Gasteiger charge is 2.11. The first-order valence-electron chi connectivity index (χ1n) is 6.12. The van der Waals surface area contributed by atoms with E-state index in [-0.39, 0.29) is 17.2 Å². The zero-order valence-corrected chi connectivity index (χ0v) is 11.6. The van der Waals surface area contributed by atoms with E-state index < -0.39 is 0 Å². The number of nitrogens with zero attached hydrogens (tertiary/aromatic N) is 2. The summed E-state index contributed by atoms with van der Waals surface area (Å²) in [6.07, 6.45) is 3.80. The minimum atomic E-state index is -0.303. The molecular formula is C14H13N3O2S. The van der Waals surface area contributed by atoms with Crippen LogP contribution in [0.25, 0.3) is 4.96 Å². The zero-order chi connectivity index (χ0) is 14.1. The first-order valence-corrected chi connectivity index (χ1v) is 7.00. The van der Waals surface area contributed by atoms with E-state index in [1.807, 2.05) is 29.1 Å². The van der Waals surface area contributed by atoms with E-state index in [9.17, 15) is 9.90 Å². The van der Waals surface area contributed by atoms with Crippen LogP contribution < -0.4 is 5.32 Å². The van der Waals surface area contributed by atoms with E-state index in [4.69, 9.17) is 0 Å². The first-order chi connectivity index (χ1) is 9.63. The molecule has 2 aromatic heterocycles. The number of amides is 1. The van der Waals surface area contributed by atoms with Crippen LogP contribution in [0.3, 0.4) is 0 Å². The molecule has 2 N–H and O–H groups in total. The molecule has 0 aliphatic carbocycles. The summed E-state index contributed by atoms with van der Waals surface area (Å²) in [4.78, 5) is 17.3. The highest BCUT2D eigenvalue weighted by Crippen LogP contribution is 2.18. The van der Waals surface area contributed by atoms with Gasteiger partial charge in [-0.3, -0.25) is 9.20 Å². The number of aromatic hydroxyl groups is 1. The van der Waals surface area contributed by atoms with Crippen LogP contribution in [-0.2, 0) is 6.54 Å². The average Bonchev–Trinajstić information content (AvgIpc) is 2.99. The number of rotatable bonds is 3. The third kappa shape index (κ3) is 2.37. The Labute approximate surface area is 119 Å². The average molecular weight is 287 g/mol. The highest BCUT2D eigenvalue weighted by atomic mass is 32.1. The van der Waals surface area contributed by atoms with Gasteiger partial charge in [-0.05, 0) is 19.1 Å². The normalized spacial score (nSPS) is 10.8. The molecular weight excluding hydrogens is 274 g/mol. The molecule has 0 saturated heterocycles. The molecule has 6 heteroatoms. The van der Waals surface area contributed by atoms with Crippen LogP contribution >= 0.6 is 11.3 Å². The molecule has 5 nitrogen and oxygen atoms in total. The van der Waals surface area contributed by atoms with E-state index in [1.165, 1.54) is 6.07 Å². The fourth-order valence-electron chi connectivity index (χ4n) is 1.96. The monoisotopic (exact) mass is 287 g/mol. The number of benzene rings is 1. The van der Waals surface area contributed by atoms with Gasteiger partial charge in [0.25, 0.3) is 5.91 Å². The quantitative estimate of drug-likeness (QED) is 0.777. The van der Waals surface area contributed by atoms with Gasteiger partial charge in [0.2, 0.25) is 0 Å². The van der Waals surface area contributed by atoms with Crippen LogP contribution in [0.1, 0.15) is 21.6 Å². The Balaban J connectivity index is 1.73. The van der Waals surface area contributed by atoms with Crippen molar-refractivity contribution in [2.75, 3.05) is 0 Å². The van der Waals surface area contributed by atoms with Crippen LogP contribution in [0, 0.1) is 6.92 Å². The van der Waals surface area contributed by atoms with Crippen LogP contribution in [0.2, 0.25) is 0 Å². The molecule has 0 bridgehead atoms. The topological polar surface area (TPSA) is 66.6 Å². The van der Waals surface area contributed by atoms with Crippen molar-refractivity contribution in [2.45, 2.75) is 13.5 Å². The predicted molar refractivity (Wildman–Crippen MR) is 77.1 cm³/mol. The third-order valence-corrected chi connectivity index (χ3v) is 3.74. The van der Waals surface area contributed by atoms with E-state index >= 15 is 0 Å². The smallest absolute Gasteiger partial charge is 0.255 e. The molecule has 0 atom stereocenters. The standard InChI is InChI=1S/C14H13N3O2S/c1-9-2-3-12(18)11(6-9)13(19)15-7-10-8-17-4-5-20-14(17)16-10/h2-6,8,18H,7H2,1H3,(H,15,19). The van der Waals surface area contributed by atoms with E-state index in [0.717, 1.165) is 16.2 Å². The van der Waals surface area contributed by atoms with E-state index in [0.29, 0.717) is 6.54 Å². The lowest BCUT2D eigenvalue weighted by molar-refractivity contribution is 0.0947. The molecule has 20 heavy (non-hydrogen) atoms. The second-order valence-electron chi connectivity index (χ2n) is 4.53. The number of carbonyl (C=O) groups excluding carboxylic acids is 1. The van der Waals surface area contributed by atoms with E-state index in [2.05, 4.69) is 10.3 Å². The summed E-state index contributed by atoms with van der Waals surface area (Å²) in [6, 6.07) is 4.95. The van der Waals surface area contributed by atoms with Gasteiger partial charge in [0.05, 0.1) is 17.8 Å². The lowest BCUT2D eigenvalue weighted by atomic mass is 10.1. The first kappa shape index (κ1) is 12.7. The third-order valence-electron chi connectivity index (χ3n) is 2.97. The van der Waals surface area contributed by atoms with Gasteiger partial charge < -0.3 is 10.4 Å². The molecule has 102 valence electrons. The number of carbonyl (C=O) groups is 1. The number of thiazole rings is 1. The zero-order valence-electron chi connectivity index (χ0n) is 10.8. The van der Waals surface area contributed by atoms with Gasteiger partial charge >= 0.3 is 0 Å². The fourth-order valence-corrected chi connectivity index (χ4v) is 2.68. The Kier molecular flexibility index (Phi) is 3.15. The van der Waals surface area contributed by atoms with Crippen LogP contribution in [-0.4, -0.2) is 20.4 Å². The van der Waals surface area contributed by atoms with Crippen LogP contribution in [0.15, 0.2) is 36.0 Å². The molecule has 0 saturated carbocycles. The number of aryl methyl sites for hydroxylation is 1. The second-order valence-corrected chi connectivity index (χ2v) is 5.40. The van der Waals surface area contributed by atoms with Crippen molar-refractivity contribution >= 4 is 22.2 Å². The molecule has 0 fully saturated rings. The number of hydrogen-bond acceptors (Lipinski definition) is 4. The maximum atomic E-state index is 12.0. The van der Waals surface area contributed by atoms with Gasteiger partial charge in [-0.2, -0.15) is 0 Å². The molecule has 0 aliphatic rings. The second kappa shape index (κ2) is 4.97. The lowest BCUT2D eigenvalue weighted by Gasteiger charge is -2.06. The summed E-state index contributed by atoms with van der Waals surface area (Å²) >= 11 is 1.54. The molecule has 0 aliphatic heterocycles. The number of hydrogen-bond donors (Lipinski definition) is 2. The van der Waals surface area contributed by atoms with Gasteiger partial charge in [-0.1, -0.05) is 11.6 Å². The molecule has 3 rings (SSSR count). The lowest BCUT2D eigenvalue weighted by Crippen LogP contribution is -2.23. The predicted octanol–water partition coefficient (Wildman–Crippen LogP) is 2.34. The maximum absolute atomic E-state index is 12.0. The van der Waals surface area contributed by atoms with Crippen LogP contribution in [0.4, 0.5) is 0 Å². The molecule has 2 heterocycles. The summed E-state index contributed by atoms with van der Waals surface area (Å²) in [5.41, 5.74) is 2.00. The largest absolute Gasteiger partial charge is 0.507 e. The summed E-state index contributed by atoms with van der Waals surface area (Å²) < 4.78 is 1.91. The van der Waals surface area contributed by atoms with Gasteiger partial charge in [0.15, 0.2) is 4.96 Å². The molecule has 3 aromatic rings. The number of phenols is 1. The highest BCUT2D eigenvalue weighted by molar-refractivity contribution is 7.15. The van der Waals surface area contributed by atoms with Gasteiger partial charge in [-0.15, -0.1) is 11.3 Å². The Bertz CT molecular complexity index is 747. The van der Waals surface area contributed by atoms with Gasteiger partial charge in [0, 0.05) is 17.8 Å². The summed E-state index contributed by atoms with van der Waals surface area (Å²) in [6.45, 7) is 2.21. The number of fused-ring (bicyclic) bond motifs is 1. The Morgan fingerprint density at radius 1 is 1.50 bits per heavy atom. The molecule has 1 aromatic carbocycles. The summed E-state index contributed by atoms with van der Waals surface area (Å²) in [5.74, 6) is -0.318. The van der Waals surface area contributed by atoms with Gasteiger partial charge in [0.1, 0.15) is 5.75 Å². The van der Waals surface area contributed by atoms with Crippen molar-refractivity contribution in [1.29, 1.82) is 0 Å². The number of nitrogens with one attached hydrogen (secondary N) is 1. The molecule has 1 amide bonds. The number of aromatic nitrogens is 2. The van der Waals surface area contributed by atoms with E-state index in [1.54, 1.807) is 23.5 Å². The Morgan fingerprint density at radius 3 is 3.15 bits per heavy atom. The van der Waals surface area contributed by atoms with Crippen molar-refractivity contribution in [1.82, 2.24) is 14.7 Å². The van der Waals surface area contributed by atoms with Crippen molar-refractivity contribution < 1.29 is 9.90 Å². The van der Waals surface area contributed by atoms with Crippen molar-refractivity contribution in [3.05, 3.63) is 52.8 Å². The SMILES string of the molecule is Cc1ccc(O)c(C(=O)NCc2cn3ccsc3n2)c1. The summed E-state index contributed by atoms with van der Waals surface area (Å²) in [5, 5.41) is 14.4. The van der Waals surface area contributed by atoms with Crippen molar-refractivity contribution in [3.63, 3.8) is 0 Å². The molecule has 0 spiro atoms. The van der Waals surface area contributed by atoms with Crippen LogP contribution in [0.5, 0.6) is 5.75 Å². The maximum Gasteiger partial charge on any atom is 0.255 e. The molecule has 0 radical (unpaired) electrons. The minimum absolute atomic E-state index is 0.0149. The Morgan fingerprint density at radius 2 is 2.35 bits per heavy atom. The van der Waals surface area contributed by atoms with Gasteiger partial charge in [-0.25, -0.2) is 4.98 Å².